The van der Waals surface area contributed by atoms with Gasteiger partial charge in [-0.05, 0) is 25.1 Å². The van der Waals surface area contributed by atoms with Crippen molar-refractivity contribution in [2.75, 3.05) is 39.3 Å². The van der Waals surface area contributed by atoms with E-state index in [4.69, 9.17) is 4.42 Å². The molecule has 0 bridgehead atoms. The second-order valence-corrected chi connectivity index (χ2v) is 5.37. The van der Waals surface area contributed by atoms with Crippen molar-refractivity contribution < 1.29 is 9.21 Å². The Morgan fingerprint density at radius 2 is 2.21 bits per heavy atom. The Morgan fingerprint density at radius 3 is 2.84 bits per heavy atom. The molecule has 2 aliphatic rings. The molecule has 1 aromatic rings. The lowest BCUT2D eigenvalue weighted by Gasteiger charge is -2.35. The zero-order chi connectivity index (χ0) is 13.1. The summed E-state index contributed by atoms with van der Waals surface area (Å²) in [5.74, 6) is 1.54. The summed E-state index contributed by atoms with van der Waals surface area (Å²) in [6.45, 7) is 6.24. The quantitative estimate of drug-likeness (QED) is 0.864. The Morgan fingerprint density at radius 1 is 1.37 bits per heavy atom. The van der Waals surface area contributed by atoms with Crippen LogP contribution in [-0.4, -0.2) is 55.0 Å². The molecule has 1 amide bonds. The second-order valence-electron chi connectivity index (χ2n) is 5.37. The van der Waals surface area contributed by atoms with Crippen LogP contribution in [0.1, 0.15) is 12.2 Å². The van der Waals surface area contributed by atoms with Gasteiger partial charge in [-0.15, -0.1) is 0 Å². The van der Waals surface area contributed by atoms with Crippen molar-refractivity contribution in [3.8, 4) is 0 Å². The molecule has 0 saturated carbocycles. The summed E-state index contributed by atoms with van der Waals surface area (Å²) in [5, 5.41) is 3.26. The standard InChI is InChI=1S/C14H21N3O2/c18-14(12-3-4-15-10-12)17-7-5-16(6-8-17)11-13-2-1-9-19-13/h1-2,9,12,15H,3-8,10-11H2. The number of nitrogens with one attached hydrogen (secondary N) is 1. The number of rotatable bonds is 3. The van der Waals surface area contributed by atoms with Crippen LogP contribution in [0.5, 0.6) is 0 Å². The Hall–Kier alpha value is -1.33. The van der Waals surface area contributed by atoms with Crippen molar-refractivity contribution in [2.24, 2.45) is 5.92 Å². The molecule has 3 rings (SSSR count). The van der Waals surface area contributed by atoms with Gasteiger partial charge in [-0.2, -0.15) is 0 Å². The number of carbonyl (C=O) groups excluding carboxylic acids is 1. The van der Waals surface area contributed by atoms with E-state index in [0.29, 0.717) is 5.91 Å². The second kappa shape index (κ2) is 5.75. The first-order chi connectivity index (χ1) is 9.33. The number of nitrogens with zero attached hydrogens (tertiary/aromatic N) is 2. The van der Waals surface area contributed by atoms with Crippen LogP contribution in [0.25, 0.3) is 0 Å². The lowest BCUT2D eigenvalue weighted by atomic mass is 10.1. The summed E-state index contributed by atoms with van der Waals surface area (Å²) in [7, 11) is 0. The Labute approximate surface area is 113 Å². The molecule has 104 valence electrons. The highest BCUT2D eigenvalue weighted by atomic mass is 16.3. The third kappa shape index (κ3) is 2.98. The van der Waals surface area contributed by atoms with Crippen molar-refractivity contribution in [1.82, 2.24) is 15.1 Å². The maximum absolute atomic E-state index is 12.3. The van der Waals surface area contributed by atoms with Gasteiger partial charge in [-0.25, -0.2) is 0 Å². The monoisotopic (exact) mass is 263 g/mol. The van der Waals surface area contributed by atoms with Gasteiger partial charge in [0.2, 0.25) is 5.91 Å². The van der Waals surface area contributed by atoms with Crippen molar-refractivity contribution in [3.63, 3.8) is 0 Å². The molecule has 0 radical (unpaired) electrons. The molecule has 0 spiro atoms. The first-order valence-electron chi connectivity index (χ1n) is 7.07. The SMILES string of the molecule is O=C(C1CCNC1)N1CCN(Cc2ccco2)CC1. The minimum absolute atomic E-state index is 0.205. The highest BCUT2D eigenvalue weighted by Gasteiger charge is 2.29. The number of furan rings is 1. The lowest BCUT2D eigenvalue weighted by Crippen LogP contribution is -2.50. The maximum atomic E-state index is 12.3. The van der Waals surface area contributed by atoms with Crippen molar-refractivity contribution in [3.05, 3.63) is 24.2 Å². The third-order valence-corrected chi connectivity index (χ3v) is 4.05. The summed E-state index contributed by atoms with van der Waals surface area (Å²) < 4.78 is 5.36. The molecule has 1 atom stereocenters. The molecular formula is C14H21N3O2. The van der Waals surface area contributed by atoms with Gasteiger partial charge in [0.15, 0.2) is 0 Å². The summed E-state index contributed by atoms with van der Waals surface area (Å²) >= 11 is 0. The van der Waals surface area contributed by atoms with Crippen molar-refractivity contribution in [1.29, 1.82) is 0 Å². The van der Waals surface area contributed by atoms with Crippen LogP contribution in [0.15, 0.2) is 22.8 Å². The largest absolute Gasteiger partial charge is 0.468 e. The molecule has 3 heterocycles. The van der Waals surface area contributed by atoms with E-state index in [0.717, 1.165) is 58.0 Å². The first kappa shape index (κ1) is 12.7. The molecule has 1 aromatic heterocycles. The Balaban J connectivity index is 1.47. The molecular weight excluding hydrogens is 242 g/mol. The number of amides is 1. The predicted molar refractivity (Wildman–Crippen MR) is 71.5 cm³/mol. The van der Waals surface area contributed by atoms with Gasteiger partial charge in [-0.1, -0.05) is 0 Å². The molecule has 2 saturated heterocycles. The number of piperazine rings is 1. The van der Waals surface area contributed by atoms with Crippen LogP contribution >= 0.6 is 0 Å². The Bertz CT molecular complexity index is 404. The molecule has 0 aliphatic carbocycles. The van der Waals surface area contributed by atoms with Crippen molar-refractivity contribution in [2.45, 2.75) is 13.0 Å². The fraction of sp³-hybridized carbons (Fsp3) is 0.643. The van der Waals surface area contributed by atoms with Gasteiger partial charge in [-0.3, -0.25) is 9.69 Å². The number of carbonyl (C=O) groups is 1. The average molecular weight is 263 g/mol. The molecule has 2 fully saturated rings. The first-order valence-corrected chi connectivity index (χ1v) is 7.07. The molecule has 5 heteroatoms. The van der Waals surface area contributed by atoms with E-state index >= 15 is 0 Å². The van der Waals surface area contributed by atoms with Gasteiger partial charge in [0.25, 0.3) is 0 Å². The lowest BCUT2D eigenvalue weighted by molar-refractivity contribution is -0.136. The summed E-state index contributed by atoms with van der Waals surface area (Å²) in [6, 6.07) is 3.92. The van der Waals surface area contributed by atoms with Crippen LogP contribution in [0.4, 0.5) is 0 Å². The molecule has 19 heavy (non-hydrogen) atoms. The number of hydrogen-bond acceptors (Lipinski definition) is 4. The van der Waals surface area contributed by atoms with Gasteiger partial charge < -0.3 is 14.6 Å². The fourth-order valence-electron chi connectivity index (χ4n) is 2.87. The summed E-state index contributed by atoms with van der Waals surface area (Å²) in [5.41, 5.74) is 0. The zero-order valence-corrected chi connectivity index (χ0v) is 11.2. The smallest absolute Gasteiger partial charge is 0.227 e. The average Bonchev–Trinajstić information content (AvgIpc) is 3.12. The summed E-state index contributed by atoms with van der Waals surface area (Å²) in [4.78, 5) is 16.6. The van der Waals surface area contributed by atoms with E-state index in [1.807, 2.05) is 17.0 Å². The minimum atomic E-state index is 0.205. The van der Waals surface area contributed by atoms with E-state index in [2.05, 4.69) is 10.2 Å². The fourth-order valence-corrected chi connectivity index (χ4v) is 2.87. The topological polar surface area (TPSA) is 48.7 Å². The van der Waals surface area contributed by atoms with Gasteiger partial charge >= 0.3 is 0 Å². The van der Waals surface area contributed by atoms with Crippen molar-refractivity contribution >= 4 is 5.91 Å². The summed E-state index contributed by atoms with van der Waals surface area (Å²) in [6.07, 6.45) is 2.70. The minimum Gasteiger partial charge on any atom is -0.468 e. The van der Waals surface area contributed by atoms with E-state index < -0.39 is 0 Å². The van der Waals surface area contributed by atoms with Gasteiger partial charge in [0.1, 0.15) is 5.76 Å². The highest BCUT2D eigenvalue weighted by Crippen LogP contribution is 2.15. The van der Waals surface area contributed by atoms with E-state index in [1.54, 1.807) is 6.26 Å². The molecule has 1 N–H and O–H groups in total. The van der Waals surface area contributed by atoms with Gasteiger partial charge in [0.05, 0.1) is 18.7 Å². The van der Waals surface area contributed by atoms with Crippen LogP contribution in [0, 0.1) is 5.92 Å². The Kier molecular flexibility index (Phi) is 3.84. The molecule has 1 unspecified atom stereocenters. The maximum Gasteiger partial charge on any atom is 0.227 e. The van der Waals surface area contributed by atoms with E-state index in [1.165, 1.54) is 0 Å². The highest BCUT2D eigenvalue weighted by molar-refractivity contribution is 5.79. The zero-order valence-electron chi connectivity index (χ0n) is 11.2. The normalized spacial score (nSPS) is 24.8. The van der Waals surface area contributed by atoms with Crippen LogP contribution in [0.2, 0.25) is 0 Å². The third-order valence-electron chi connectivity index (χ3n) is 4.05. The molecule has 5 nitrogen and oxygen atoms in total. The van der Waals surface area contributed by atoms with E-state index in [9.17, 15) is 4.79 Å². The predicted octanol–water partition coefficient (Wildman–Crippen LogP) is 0.533. The number of hydrogen-bond donors (Lipinski definition) is 1. The van der Waals surface area contributed by atoms with Crippen LogP contribution in [-0.2, 0) is 11.3 Å². The van der Waals surface area contributed by atoms with Crippen LogP contribution in [0.3, 0.4) is 0 Å². The van der Waals surface area contributed by atoms with E-state index in [-0.39, 0.29) is 5.92 Å². The van der Waals surface area contributed by atoms with Gasteiger partial charge in [0, 0.05) is 32.7 Å². The molecule has 0 aromatic carbocycles. The molecule has 2 aliphatic heterocycles. The van der Waals surface area contributed by atoms with Crippen LogP contribution < -0.4 is 5.32 Å².